The van der Waals surface area contributed by atoms with Crippen molar-refractivity contribution in [1.29, 1.82) is 0 Å². The Bertz CT molecular complexity index is 371. The number of carbonyl (C=O) groups is 1. The van der Waals surface area contributed by atoms with Gasteiger partial charge in [0.1, 0.15) is 5.75 Å². The average Bonchev–Trinajstić information content (AvgIpc) is 2.18. The summed E-state index contributed by atoms with van der Waals surface area (Å²) in [5, 5.41) is 27.1. The van der Waals surface area contributed by atoms with Crippen LogP contribution in [0.2, 0.25) is 0 Å². The molecule has 0 aromatic heterocycles. The van der Waals surface area contributed by atoms with E-state index in [-0.39, 0.29) is 11.4 Å². The van der Waals surface area contributed by atoms with Gasteiger partial charge in [-0.05, 0) is 12.1 Å². The lowest BCUT2D eigenvalue weighted by atomic mass is 10.3. The lowest BCUT2D eigenvalue weighted by Gasteiger charge is -2.04. The van der Waals surface area contributed by atoms with Crippen molar-refractivity contribution in [3.63, 3.8) is 0 Å². The number of aliphatic hydroxyl groups is 2. The highest BCUT2D eigenvalue weighted by Gasteiger charge is 2.14. The minimum Gasteiger partial charge on any atom is -0.423 e. The van der Waals surface area contributed by atoms with E-state index in [1.807, 2.05) is 0 Å². The highest BCUT2D eigenvalue weighted by atomic mass is 16.6. The van der Waals surface area contributed by atoms with Gasteiger partial charge in [-0.25, -0.2) is 4.79 Å². The topological polar surface area (TPSA) is 110 Å². The van der Waals surface area contributed by atoms with Gasteiger partial charge in [-0.15, -0.1) is 0 Å². The maximum Gasteiger partial charge on any atom is 0.368 e. The summed E-state index contributed by atoms with van der Waals surface area (Å²) in [7, 11) is 0. The molecule has 0 unspecified atom stereocenters. The molecule has 1 aromatic rings. The standard InChI is InChI=1S/C8H7NO6/c10-7(11)8(12)15-6-3-1-5(2-4-6)9(13)14/h1-4,7,10-11H. The quantitative estimate of drug-likeness (QED) is 0.237. The van der Waals surface area contributed by atoms with Crippen LogP contribution >= 0.6 is 0 Å². The van der Waals surface area contributed by atoms with Crippen LogP contribution in [0.3, 0.4) is 0 Å². The Balaban J connectivity index is 2.73. The molecular weight excluding hydrogens is 206 g/mol. The molecule has 80 valence electrons. The van der Waals surface area contributed by atoms with Crippen molar-refractivity contribution in [2.45, 2.75) is 6.29 Å². The number of ether oxygens (including phenoxy) is 1. The third-order valence-corrected chi connectivity index (χ3v) is 1.48. The minimum atomic E-state index is -2.22. The molecule has 0 aliphatic rings. The SMILES string of the molecule is O=C(Oc1ccc([N+](=O)[O-])cc1)C(O)O. The molecule has 1 aromatic carbocycles. The summed E-state index contributed by atoms with van der Waals surface area (Å²) < 4.78 is 4.45. The molecule has 1 rings (SSSR count). The highest BCUT2D eigenvalue weighted by molar-refractivity contribution is 5.75. The predicted octanol–water partition coefficient (Wildman–Crippen LogP) is -0.189. The van der Waals surface area contributed by atoms with Crippen LogP contribution in [0.15, 0.2) is 24.3 Å². The first-order valence-electron chi connectivity index (χ1n) is 3.83. The molecule has 0 saturated carbocycles. The Morgan fingerprint density at radius 3 is 2.27 bits per heavy atom. The van der Waals surface area contributed by atoms with Crippen LogP contribution in [0.5, 0.6) is 5.75 Å². The number of esters is 1. The van der Waals surface area contributed by atoms with Crippen molar-refractivity contribution in [3.05, 3.63) is 34.4 Å². The number of carbonyl (C=O) groups excluding carboxylic acids is 1. The third kappa shape index (κ3) is 3.01. The number of nitrogens with zero attached hydrogens (tertiary/aromatic N) is 1. The second-order valence-electron chi connectivity index (χ2n) is 2.55. The predicted molar refractivity (Wildman–Crippen MR) is 47.0 cm³/mol. The molecule has 0 spiro atoms. The van der Waals surface area contributed by atoms with Crippen LogP contribution in [0.1, 0.15) is 0 Å². The van der Waals surface area contributed by atoms with E-state index in [1.54, 1.807) is 0 Å². The van der Waals surface area contributed by atoms with Crippen LogP contribution in [0.25, 0.3) is 0 Å². The van der Waals surface area contributed by atoms with E-state index < -0.39 is 17.2 Å². The number of nitro groups is 1. The molecule has 0 saturated heterocycles. The lowest BCUT2D eigenvalue weighted by Crippen LogP contribution is -2.24. The van der Waals surface area contributed by atoms with Gasteiger partial charge in [-0.1, -0.05) is 0 Å². The first kappa shape index (κ1) is 11.1. The van der Waals surface area contributed by atoms with Gasteiger partial charge in [0.25, 0.3) is 12.0 Å². The molecule has 0 bridgehead atoms. The van der Waals surface area contributed by atoms with Crippen LogP contribution in [0.4, 0.5) is 5.69 Å². The Kier molecular flexibility index (Phi) is 3.32. The third-order valence-electron chi connectivity index (χ3n) is 1.48. The largest absolute Gasteiger partial charge is 0.423 e. The molecule has 0 aliphatic carbocycles. The van der Waals surface area contributed by atoms with Crippen LogP contribution in [-0.4, -0.2) is 27.4 Å². The van der Waals surface area contributed by atoms with Gasteiger partial charge in [0.15, 0.2) is 0 Å². The van der Waals surface area contributed by atoms with E-state index in [2.05, 4.69) is 4.74 Å². The average molecular weight is 213 g/mol. The van der Waals surface area contributed by atoms with Gasteiger partial charge in [-0.2, -0.15) is 0 Å². The zero-order chi connectivity index (χ0) is 11.4. The summed E-state index contributed by atoms with van der Waals surface area (Å²) in [4.78, 5) is 20.3. The van der Waals surface area contributed by atoms with Gasteiger partial charge in [-0.3, -0.25) is 10.1 Å². The van der Waals surface area contributed by atoms with E-state index in [1.165, 1.54) is 12.1 Å². The van der Waals surface area contributed by atoms with Gasteiger partial charge < -0.3 is 14.9 Å². The Morgan fingerprint density at radius 2 is 1.87 bits per heavy atom. The number of hydrogen-bond donors (Lipinski definition) is 2. The summed E-state index contributed by atoms with van der Waals surface area (Å²) in [5.74, 6) is -1.25. The molecule has 15 heavy (non-hydrogen) atoms. The van der Waals surface area contributed by atoms with E-state index in [9.17, 15) is 14.9 Å². The fraction of sp³-hybridized carbons (Fsp3) is 0.125. The molecule has 7 heteroatoms. The van der Waals surface area contributed by atoms with Gasteiger partial charge in [0.05, 0.1) is 4.92 Å². The van der Waals surface area contributed by atoms with Crippen LogP contribution < -0.4 is 4.74 Å². The fourth-order valence-electron chi connectivity index (χ4n) is 0.805. The Hall–Kier alpha value is -1.99. The Labute approximate surface area is 83.7 Å². The van der Waals surface area contributed by atoms with Crippen molar-refractivity contribution in [2.24, 2.45) is 0 Å². The highest BCUT2D eigenvalue weighted by Crippen LogP contribution is 2.17. The van der Waals surface area contributed by atoms with E-state index in [0.717, 1.165) is 12.1 Å². The summed E-state index contributed by atoms with van der Waals surface area (Å²) in [6.45, 7) is 0. The van der Waals surface area contributed by atoms with E-state index in [4.69, 9.17) is 10.2 Å². The monoisotopic (exact) mass is 213 g/mol. The summed E-state index contributed by atoms with van der Waals surface area (Å²) in [5.41, 5.74) is -0.153. The molecule has 0 radical (unpaired) electrons. The summed E-state index contributed by atoms with van der Waals surface area (Å²) in [6.07, 6.45) is -2.22. The molecule has 0 aliphatic heterocycles. The maximum absolute atomic E-state index is 10.7. The van der Waals surface area contributed by atoms with Gasteiger partial charge in [0, 0.05) is 12.1 Å². The molecule has 2 N–H and O–H groups in total. The summed E-state index contributed by atoms with van der Waals surface area (Å²) >= 11 is 0. The molecule has 0 amide bonds. The number of aliphatic hydroxyl groups excluding tert-OH is 1. The van der Waals surface area contributed by atoms with Crippen molar-refractivity contribution < 1.29 is 24.7 Å². The molecular formula is C8H7NO6. The lowest BCUT2D eigenvalue weighted by molar-refractivity contribution is -0.384. The zero-order valence-electron chi connectivity index (χ0n) is 7.36. The van der Waals surface area contributed by atoms with Gasteiger partial charge in [0.2, 0.25) is 0 Å². The second kappa shape index (κ2) is 4.49. The normalized spacial score (nSPS) is 10.1. The van der Waals surface area contributed by atoms with E-state index in [0.29, 0.717) is 0 Å². The number of hydrogen-bond acceptors (Lipinski definition) is 6. The number of rotatable bonds is 3. The first-order chi connectivity index (χ1) is 7.00. The zero-order valence-corrected chi connectivity index (χ0v) is 7.36. The van der Waals surface area contributed by atoms with Crippen molar-refractivity contribution >= 4 is 11.7 Å². The van der Waals surface area contributed by atoms with Crippen LogP contribution in [0, 0.1) is 10.1 Å². The summed E-state index contributed by atoms with van der Waals surface area (Å²) in [6, 6.07) is 4.62. The second-order valence-corrected chi connectivity index (χ2v) is 2.55. The van der Waals surface area contributed by atoms with Crippen molar-refractivity contribution in [2.75, 3.05) is 0 Å². The van der Waals surface area contributed by atoms with Crippen molar-refractivity contribution in [3.8, 4) is 5.75 Å². The Morgan fingerprint density at radius 1 is 1.33 bits per heavy atom. The molecule has 0 heterocycles. The fourth-order valence-corrected chi connectivity index (χ4v) is 0.805. The molecule has 7 nitrogen and oxygen atoms in total. The number of nitro benzene ring substituents is 1. The molecule has 0 fully saturated rings. The first-order valence-corrected chi connectivity index (χ1v) is 3.83. The smallest absolute Gasteiger partial charge is 0.368 e. The van der Waals surface area contributed by atoms with E-state index >= 15 is 0 Å². The maximum atomic E-state index is 10.7. The minimum absolute atomic E-state index is 0.00120. The molecule has 0 atom stereocenters. The van der Waals surface area contributed by atoms with Crippen LogP contribution in [-0.2, 0) is 4.79 Å². The van der Waals surface area contributed by atoms with Crippen molar-refractivity contribution in [1.82, 2.24) is 0 Å². The van der Waals surface area contributed by atoms with Gasteiger partial charge >= 0.3 is 5.97 Å². The number of non-ortho nitro benzene ring substituents is 1. The number of benzene rings is 1.